The van der Waals surface area contributed by atoms with E-state index < -0.39 is 23.8 Å². The maximum absolute atomic E-state index is 13.5. The van der Waals surface area contributed by atoms with Gasteiger partial charge >= 0.3 is 0 Å². The molecule has 3 N–H and O–H groups in total. The van der Waals surface area contributed by atoms with Gasteiger partial charge in [-0.25, -0.2) is 8.78 Å². The third kappa shape index (κ3) is 2.99. The monoisotopic (exact) mass is 293 g/mol. The highest BCUT2D eigenvalue weighted by Gasteiger charge is 2.23. The molecular weight excluding hydrogens is 280 g/mol. The zero-order chi connectivity index (χ0) is 12.3. The SMILES string of the molecule is CCC[C@@H](O)[C@@H](N)c1c(F)cc(Br)cc1F. The van der Waals surface area contributed by atoms with Gasteiger partial charge in [0.05, 0.1) is 12.1 Å². The van der Waals surface area contributed by atoms with Crippen LogP contribution in [0.15, 0.2) is 16.6 Å². The summed E-state index contributed by atoms with van der Waals surface area (Å²) in [7, 11) is 0. The Labute approximate surface area is 102 Å². The molecule has 2 atom stereocenters. The molecule has 1 aromatic carbocycles. The molecule has 1 aromatic rings. The first-order valence-electron chi connectivity index (χ1n) is 5.05. The molecule has 0 bridgehead atoms. The predicted octanol–water partition coefficient (Wildman–Crippen LogP) is 2.89. The Balaban J connectivity index is 3.03. The molecule has 0 heterocycles. The number of rotatable bonds is 4. The summed E-state index contributed by atoms with van der Waals surface area (Å²) in [4.78, 5) is 0. The first kappa shape index (κ1) is 13.5. The predicted molar refractivity (Wildman–Crippen MR) is 61.9 cm³/mol. The lowest BCUT2D eigenvalue weighted by molar-refractivity contribution is 0.131. The van der Waals surface area contributed by atoms with Gasteiger partial charge in [-0.05, 0) is 18.6 Å². The van der Waals surface area contributed by atoms with Gasteiger partial charge in [-0.1, -0.05) is 29.3 Å². The van der Waals surface area contributed by atoms with Crippen molar-refractivity contribution in [2.75, 3.05) is 0 Å². The highest BCUT2D eigenvalue weighted by atomic mass is 79.9. The molecular formula is C11H14BrF2NO. The first-order valence-corrected chi connectivity index (χ1v) is 5.84. The number of aliphatic hydroxyl groups is 1. The number of hydrogen-bond acceptors (Lipinski definition) is 2. The lowest BCUT2D eigenvalue weighted by Crippen LogP contribution is -2.28. The Morgan fingerprint density at radius 1 is 1.38 bits per heavy atom. The van der Waals surface area contributed by atoms with Crippen LogP contribution < -0.4 is 5.73 Å². The molecule has 0 spiro atoms. The average molecular weight is 294 g/mol. The molecule has 0 fully saturated rings. The van der Waals surface area contributed by atoms with Crippen LogP contribution in [-0.4, -0.2) is 11.2 Å². The normalized spacial score (nSPS) is 14.9. The quantitative estimate of drug-likeness (QED) is 0.897. The van der Waals surface area contributed by atoms with E-state index in [-0.39, 0.29) is 5.56 Å². The van der Waals surface area contributed by atoms with Gasteiger partial charge in [-0.3, -0.25) is 0 Å². The Kier molecular flexibility index (Phi) is 4.83. The van der Waals surface area contributed by atoms with E-state index >= 15 is 0 Å². The molecule has 1 rings (SSSR count). The van der Waals surface area contributed by atoms with E-state index in [1.165, 1.54) is 0 Å². The van der Waals surface area contributed by atoms with Crippen molar-refractivity contribution in [3.8, 4) is 0 Å². The van der Waals surface area contributed by atoms with Gasteiger partial charge in [0.25, 0.3) is 0 Å². The van der Waals surface area contributed by atoms with E-state index in [2.05, 4.69) is 15.9 Å². The summed E-state index contributed by atoms with van der Waals surface area (Å²) in [5, 5.41) is 9.62. The fourth-order valence-corrected chi connectivity index (χ4v) is 1.94. The molecule has 90 valence electrons. The van der Waals surface area contributed by atoms with Gasteiger partial charge < -0.3 is 10.8 Å². The average Bonchev–Trinajstić information content (AvgIpc) is 2.16. The highest BCUT2D eigenvalue weighted by Crippen LogP contribution is 2.26. The summed E-state index contributed by atoms with van der Waals surface area (Å²) in [5.74, 6) is -1.48. The molecule has 0 aliphatic carbocycles. The standard InChI is InChI=1S/C11H14BrF2NO/c1-2-3-9(16)11(15)10-7(13)4-6(12)5-8(10)14/h4-5,9,11,16H,2-3,15H2,1H3/t9-,11-/m1/s1. The van der Waals surface area contributed by atoms with Crippen molar-refractivity contribution in [3.05, 3.63) is 33.8 Å². The minimum Gasteiger partial charge on any atom is -0.391 e. The molecule has 0 radical (unpaired) electrons. The molecule has 2 nitrogen and oxygen atoms in total. The zero-order valence-corrected chi connectivity index (χ0v) is 10.5. The number of benzene rings is 1. The van der Waals surface area contributed by atoms with Crippen LogP contribution in [-0.2, 0) is 0 Å². The van der Waals surface area contributed by atoms with Crippen molar-refractivity contribution in [3.63, 3.8) is 0 Å². The van der Waals surface area contributed by atoms with Crippen molar-refractivity contribution in [1.29, 1.82) is 0 Å². The molecule has 5 heteroatoms. The van der Waals surface area contributed by atoms with Crippen molar-refractivity contribution in [2.24, 2.45) is 5.73 Å². The highest BCUT2D eigenvalue weighted by molar-refractivity contribution is 9.10. The lowest BCUT2D eigenvalue weighted by Gasteiger charge is -2.19. The summed E-state index contributed by atoms with van der Waals surface area (Å²) in [6.07, 6.45) is 0.181. The fraction of sp³-hybridized carbons (Fsp3) is 0.455. The molecule has 16 heavy (non-hydrogen) atoms. The third-order valence-electron chi connectivity index (χ3n) is 2.38. The Hall–Kier alpha value is -0.520. The summed E-state index contributed by atoms with van der Waals surface area (Å²) in [5.41, 5.74) is 5.37. The first-order chi connectivity index (χ1) is 7.47. The van der Waals surface area contributed by atoms with Crippen LogP contribution in [0.2, 0.25) is 0 Å². The van der Waals surface area contributed by atoms with Crippen LogP contribution in [0.5, 0.6) is 0 Å². The lowest BCUT2D eigenvalue weighted by atomic mass is 9.98. The minimum absolute atomic E-state index is 0.260. The number of hydrogen-bond donors (Lipinski definition) is 2. The van der Waals surface area contributed by atoms with Gasteiger partial charge in [-0.2, -0.15) is 0 Å². The van der Waals surface area contributed by atoms with Crippen LogP contribution in [0.3, 0.4) is 0 Å². The Morgan fingerprint density at radius 2 is 1.88 bits per heavy atom. The molecule has 0 aliphatic heterocycles. The number of nitrogens with two attached hydrogens (primary N) is 1. The fourth-order valence-electron chi connectivity index (χ4n) is 1.54. The maximum atomic E-state index is 13.5. The van der Waals surface area contributed by atoms with Gasteiger partial charge in [0.1, 0.15) is 11.6 Å². The third-order valence-corrected chi connectivity index (χ3v) is 2.83. The minimum atomic E-state index is -1.03. The van der Waals surface area contributed by atoms with Crippen molar-refractivity contribution in [1.82, 2.24) is 0 Å². The van der Waals surface area contributed by atoms with E-state index in [9.17, 15) is 13.9 Å². The molecule has 0 saturated heterocycles. The summed E-state index contributed by atoms with van der Waals surface area (Å²) < 4.78 is 27.3. The number of aliphatic hydroxyl groups excluding tert-OH is 1. The second kappa shape index (κ2) is 5.70. The van der Waals surface area contributed by atoms with Crippen LogP contribution in [0.1, 0.15) is 31.4 Å². The summed E-state index contributed by atoms with van der Waals surface area (Å²) in [6.45, 7) is 1.87. The topological polar surface area (TPSA) is 46.2 Å². The molecule has 0 aromatic heterocycles. The largest absolute Gasteiger partial charge is 0.391 e. The van der Waals surface area contributed by atoms with Gasteiger partial charge in [0.15, 0.2) is 0 Å². The molecule has 0 aliphatic rings. The second-order valence-corrected chi connectivity index (χ2v) is 4.58. The van der Waals surface area contributed by atoms with Crippen LogP contribution >= 0.6 is 15.9 Å². The summed E-state index contributed by atoms with van der Waals surface area (Å²) in [6, 6.07) is 1.24. The van der Waals surface area contributed by atoms with E-state index in [4.69, 9.17) is 5.73 Å². The van der Waals surface area contributed by atoms with Crippen molar-refractivity contribution >= 4 is 15.9 Å². The maximum Gasteiger partial charge on any atom is 0.132 e. The van der Waals surface area contributed by atoms with Crippen LogP contribution in [0, 0.1) is 11.6 Å². The smallest absolute Gasteiger partial charge is 0.132 e. The van der Waals surface area contributed by atoms with Crippen molar-refractivity contribution < 1.29 is 13.9 Å². The van der Waals surface area contributed by atoms with Gasteiger partial charge in [-0.15, -0.1) is 0 Å². The van der Waals surface area contributed by atoms with E-state index in [1.807, 2.05) is 6.92 Å². The summed E-state index contributed by atoms with van der Waals surface area (Å²) >= 11 is 2.98. The molecule has 0 unspecified atom stereocenters. The van der Waals surface area contributed by atoms with Crippen molar-refractivity contribution in [2.45, 2.75) is 31.9 Å². The van der Waals surface area contributed by atoms with E-state index in [0.717, 1.165) is 12.1 Å². The van der Waals surface area contributed by atoms with Crippen LogP contribution in [0.4, 0.5) is 8.78 Å². The zero-order valence-electron chi connectivity index (χ0n) is 8.88. The van der Waals surface area contributed by atoms with E-state index in [0.29, 0.717) is 17.3 Å². The van der Waals surface area contributed by atoms with Gasteiger partial charge in [0.2, 0.25) is 0 Å². The van der Waals surface area contributed by atoms with Crippen LogP contribution in [0.25, 0.3) is 0 Å². The Morgan fingerprint density at radius 3 is 2.31 bits per heavy atom. The second-order valence-electron chi connectivity index (χ2n) is 3.66. The van der Waals surface area contributed by atoms with Gasteiger partial charge in [0, 0.05) is 10.0 Å². The number of halogens is 3. The molecule has 0 saturated carbocycles. The van der Waals surface area contributed by atoms with E-state index in [1.54, 1.807) is 0 Å². The Bertz CT molecular complexity index is 350. The molecule has 0 amide bonds.